The van der Waals surface area contributed by atoms with Crippen LogP contribution in [0.4, 0.5) is 0 Å². The molecule has 2 N–H and O–H groups in total. The summed E-state index contributed by atoms with van der Waals surface area (Å²) < 4.78 is 5.19. The van der Waals surface area contributed by atoms with Crippen molar-refractivity contribution in [2.24, 2.45) is 0 Å². The molecule has 0 aromatic heterocycles. The second-order valence-electron chi connectivity index (χ2n) is 4.18. The molecule has 0 atom stereocenters. The van der Waals surface area contributed by atoms with Crippen LogP contribution in [0, 0.1) is 0 Å². The number of ether oxygens (including phenoxy) is 1. The lowest BCUT2D eigenvalue weighted by Gasteiger charge is -2.42. The fourth-order valence-corrected chi connectivity index (χ4v) is 2.00. The van der Waals surface area contributed by atoms with Crippen LogP contribution < -0.4 is 0 Å². The molecule has 0 bridgehead atoms. The third-order valence-corrected chi connectivity index (χ3v) is 2.88. The second kappa shape index (κ2) is 3.53. The van der Waals surface area contributed by atoms with Crippen LogP contribution in [0.2, 0.25) is 0 Å². The van der Waals surface area contributed by atoms with Gasteiger partial charge in [-0.15, -0.1) is 0 Å². The van der Waals surface area contributed by atoms with Crippen molar-refractivity contribution in [2.45, 2.75) is 24.5 Å². The monoisotopic (exact) mass is 187 g/mol. The average Bonchev–Trinajstić information content (AvgIpc) is 2.02. The highest BCUT2D eigenvalue weighted by atomic mass is 16.5. The molecule has 0 aromatic rings. The van der Waals surface area contributed by atoms with E-state index < -0.39 is 5.60 Å². The molecule has 2 aliphatic heterocycles. The maximum Gasteiger partial charge on any atom is 0.0817 e. The standard InChI is InChI=1S/C9H17NO3/c11-8-5-10(6-8)7-9(12)1-3-13-4-2-9/h8,11-12H,1-7H2. The molecule has 2 aliphatic rings. The van der Waals surface area contributed by atoms with Gasteiger partial charge in [0.15, 0.2) is 0 Å². The van der Waals surface area contributed by atoms with Gasteiger partial charge in [-0.05, 0) is 0 Å². The zero-order valence-electron chi connectivity index (χ0n) is 7.78. The summed E-state index contributed by atoms with van der Waals surface area (Å²) in [6.07, 6.45) is 1.27. The molecule has 0 unspecified atom stereocenters. The summed E-state index contributed by atoms with van der Waals surface area (Å²) in [7, 11) is 0. The van der Waals surface area contributed by atoms with E-state index >= 15 is 0 Å². The third kappa shape index (κ3) is 2.20. The van der Waals surface area contributed by atoms with Crippen molar-refractivity contribution in [1.29, 1.82) is 0 Å². The van der Waals surface area contributed by atoms with E-state index in [-0.39, 0.29) is 6.10 Å². The molecule has 0 aromatic carbocycles. The number of aliphatic hydroxyl groups is 2. The lowest BCUT2D eigenvalue weighted by atomic mass is 9.92. The van der Waals surface area contributed by atoms with Crippen LogP contribution in [0.1, 0.15) is 12.8 Å². The van der Waals surface area contributed by atoms with Crippen LogP contribution in [0.25, 0.3) is 0 Å². The predicted octanol–water partition coefficient (Wildman–Crippen LogP) is -0.796. The number of hydrogen-bond acceptors (Lipinski definition) is 4. The maximum absolute atomic E-state index is 10.1. The van der Waals surface area contributed by atoms with Crippen LogP contribution in [0.3, 0.4) is 0 Å². The Balaban J connectivity index is 1.78. The zero-order chi connectivity index (χ0) is 9.31. The molecule has 13 heavy (non-hydrogen) atoms. The van der Waals surface area contributed by atoms with E-state index in [0.29, 0.717) is 32.8 Å². The van der Waals surface area contributed by atoms with Crippen LogP contribution in [0.15, 0.2) is 0 Å². The minimum absolute atomic E-state index is 0.177. The van der Waals surface area contributed by atoms with Gasteiger partial charge in [0.05, 0.1) is 11.7 Å². The minimum atomic E-state index is -0.571. The van der Waals surface area contributed by atoms with E-state index in [2.05, 4.69) is 4.90 Å². The van der Waals surface area contributed by atoms with Crippen LogP contribution in [0.5, 0.6) is 0 Å². The van der Waals surface area contributed by atoms with E-state index in [0.717, 1.165) is 12.8 Å². The van der Waals surface area contributed by atoms with E-state index in [1.807, 2.05) is 0 Å². The number of likely N-dealkylation sites (tertiary alicyclic amines) is 1. The first kappa shape index (κ1) is 9.40. The summed E-state index contributed by atoms with van der Waals surface area (Å²) in [4.78, 5) is 2.09. The Hall–Kier alpha value is -0.160. The van der Waals surface area contributed by atoms with Crippen molar-refractivity contribution < 1.29 is 14.9 Å². The fraction of sp³-hybridized carbons (Fsp3) is 1.00. The normalized spacial score (nSPS) is 30.0. The van der Waals surface area contributed by atoms with Gasteiger partial charge >= 0.3 is 0 Å². The fourth-order valence-electron chi connectivity index (χ4n) is 2.00. The number of hydrogen-bond donors (Lipinski definition) is 2. The highest BCUT2D eigenvalue weighted by molar-refractivity contribution is 4.89. The Bertz CT molecular complexity index is 174. The quantitative estimate of drug-likeness (QED) is 0.594. The van der Waals surface area contributed by atoms with Gasteiger partial charge in [0.1, 0.15) is 0 Å². The van der Waals surface area contributed by atoms with E-state index in [4.69, 9.17) is 9.84 Å². The van der Waals surface area contributed by atoms with Gasteiger partial charge in [-0.25, -0.2) is 0 Å². The first-order valence-corrected chi connectivity index (χ1v) is 4.88. The molecule has 76 valence electrons. The number of nitrogens with zero attached hydrogens (tertiary/aromatic N) is 1. The predicted molar refractivity (Wildman–Crippen MR) is 47.4 cm³/mol. The lowest BCUT2D eigenvalue weighted by molar-refractivity contribution is -0.105. The van der Waals surface area contributed by atoms with Gasteiger partial charge in [0.25, 0.3) is 0 Å². The average molecular weight is 187 g/mol. The van der Waals surface area contributed by atoms with Gasteiger partial charge in [-0.3, -0.25) is 4.90 Å². The molecule has 0 saturated carbocycles. The van der Waals surface area contributed by atoms with Crippen LogP contribution >= 0.6 is 0 Å². The van der Waals surface area contributed by atoms with Crippen molar-refractivity contribution >= 4 is 0 Å². The molecule has 0 amide bonds. The Kier molecular flexibility index (Phi) is 2.55. The van der Waals surface area contributed by atoms with Gasteiger partial charge in [-0.1, -0.05) is 0 Å². The smallest absolute Gasteiger partial charge is 0.0817 e. The van der Waals surface area contributed by atoms with E-state index in [1.54, 1.807) is 0 Å². The van der Waals surface area contributed by atoms with Gasteiger partial charge in [0.2, 0.25) is 0 Å². The van der Waals surface area contributed by atoms with E-state index in [1.165, 1.54) is 0 Å². The molecule has 0 spiro atoms. The molecule has 2 heterocycles. The molecule has 4 nitrogen and oxygen atoms in total. The Labute approximate surface area is 78.1 Å². The van der Waals surface area contributed by atoms with Crippen molar-refractivity contribution in [3.8, 4) is 0 Å². The van der Waals surface area contributed by atoms with E-state index in [9.17, 15) is 5.11 Å². The summed E-state index contributed by atoms with van der Waals surface area (Å²) in [6.45, 7) is 3.43. The van der Waals surface area contributed by atoms with Crippen molar-refractivity contribution in [3.63, 3.8) is 0 Å². The highest BCUT2D eigenvalue weighted by Crippen LogP contribution is 2.23. The van der Waals surface area contributed by atoms with Gasteiger partial charge in [0, 0.05) is 45.7 Å². The molecule has 0 aliphatic carbocycles. The highest BCUT2D eigenvalue weighted by Gasteiger charge is 2.35. The van der Waals surface area contributed by atoms with Crippen molar-refractivity contribution in [1.82, 2.24) is 4.90 Å². The SMILES string of the molecule is OC1CN(CC2(O)CCOCC2)C1. The van der Waals surface area contributed by atoms with Gasteiger partial charge < -0.3 is 14.9 Å². The van der Waals surface area contributed by atoms with Crippen LogP contribution in [-0.2, 0) is 4.74 Å². The summed E-state index contributed by atoms with van der Waals surface area (Å²) >= 11 is 0. The number of rotatable bonds is 2. The molecule has 4 heteroatoms. The Morgan fingerprint density at radius 2 is 1.92 bits per heavy atom. The zero-order valence-corrected chi connectivity index (χ0v) is 7.78. The molecule has 2 rings (SSSR count). The largest absolute Gasteiger partial charge is 0.390 e. The van der Waals surface area contributed by atoms with Crippen molar-refractivity contribution in [2.75, 3.05) is 32.8 Å². The lowest BCUT2D eigenvalue weighted by Crippen LogP contribution is -2.57. The summed E-state index contributed by atoms with van der Waals surface area (Å²) in [6, 6.07) is 0. The molecular weight excluding hydrogens is 170 g/mol. The Morgan fingerprint density at radius 1 is 1.31 bits per heavy atom. The maximum atomic E-state index is 10.1. The first-order valence-electron chi connectivity index (χ1n) is 4.88. The first-order chi connectivity index (χ1) is 6.18. The second-order valence-corrected chi connectivity index (χ2v) is 4.18. The van der Waals surface area contributed by atoms with Crippen LogP contribution in [-0.4, -0.2) is 59.7 Å². The number of β-amino-alcohol motifs (C(OH)–C–C–N with tert-alkyl or cyclic N) is 2. The summed E-state index contributed by atoms with van der Waals surface area (Å²) in [5.41, 5.74) is -0.571. The minimum Gasteiger partial charge on any atom is -0.390 e. The van der Waals surface area contributed by atoms with Crippen molar-refractivity contribution in [3.05, 3.63) is 0 Å². The topological polar surface area (TPSA) is 52.9 Å². The van der Waals surface area contributed by atoms with Gasteiger partial charge in [-0.2, -0.15) is 0 Å². The number of aliphatic hydroxyl groups excluding tert-OH is 1. The molecule has 2 fully saturated rings. The molecular formula is C9H17NO3. The summed E-state index contributed by atoms with van der Waals surface area (Å²) in [5.74, 6) is 0. The summed E-state index contributed by atoms with van der Waals surface area (Å²) in [5, 5.41) is 19.2. The Morgan fingerprint density at radius 3 is 2.46 bits per heavy atom. The third-order valence-electron chi connectivity index (χ3n) is 2.88. The molecule has 0 radical (unpaired) electrons. The molecule has 2 saturated heterocycles.